The molecule has 1 saturated heterocycles. The van der Waals surface area contributed by atoms with Crippen LogP contribution < -0.4 is 21.7 Å². The van der Waals surface area contributed by atoms with E-state index in [4.69, 9.17) is 25.4 Å². The molecule has 0 aromatic heterocycles. The third-order valence-electron chi connectivity index (χ3n) is 9.38. The van der Waals surface area contributed by atoms with Crippen LogP contribution in [-0.4, -0.2) is 165 Å². The molecule has 2 aliphatic rings. The van der Waals surface area contributed by atoms with Crippen molar-refractivity contribution in [3.8, 4) is 0 Å². The van der Waals surface area contributed by atoms with Crippen molar-refractivity contribution in [1.82, 2.24) is 35.7 Å². The summed E-state index contributed by atoms with van der Waals surface area (Å²) in [6.45, 7) is 19.3. The Hall–Kier alpha value is -4.97. The maximum absolute atomic E-state index is 13.3. The number of aryl methyl sites for hydroxylation is 1. The molecule has 0 saturated carbocycles. The van der Waals surface area contributed by atoms with Gasteiger partial charge in [0.1, 0.15) is 23.2 Å². The van der Waals surface area contributed by atoms with Crippen molar-refractivity contribution >= 4 is 47.5 Å². The van der Waals surface area contributed by atoms with Gasteiger partial charge in [0.25, 0.3) is 0 Å². The van der Waals surface area contributed by atoms with Gasteiger partial charge < -0.3 is 50.6 Å². The number of nitrogens with one attached hydrogen (secondary N) is 4. The van der Waals surface area contributed by atoms with Crippen LogP contribution in [0.4, 0.5) is 15.3 Å². The number of alkyl carbamates (subject to hydrolysis) is 2. The normalized spacial score (nSPS) is 16.4. The molecule has 1 aromatic rings. The Kier molecular flexibility index (Phi) is 19.3. The smallest absolute Gasteiger partial charge is 0.407 e. The molecule has 1 unspecified atom stereocenters. The van der Waals surface area contributed by atoms with Gasteiger partial charge in [-0.1, -0.05) is 0 Å². The van der Waals surface area contributed by atoms with Crippen LogP contribution in [0.15, 0.2) is 33.3 Å². The van der Waals surface area contributed by atoms with Gasteiger partial charge in [0, 0.05) is 78.0 Å². The van der Waals surface area contributed by atoms with Gasteiger partial charge in [-0.3, -0.25) is 20.2 Å². The van der Waals surface area contributed by atoms with Crippen LogP contribution in [0, 0.1) is 12.3 Å². The lowest BCUT2D eigenvalue weighted by Crippen LogP contribution is -2.50. The number of aliphatic imine (C=N–C) groups is 2. The maximum atomic E-state index is 13.3. The number of methoxy groups -OCH3 is 1. The Morgan fingerprint density at radius 3 is 2.05 bits per heavy atom. The summed E-state index contributed by atoms with van der Waals surface area (Å²) in [5, 5.41) is 24.2. The van der Waals surface area contributed by atoms with E-state index in [1.54, 1.807) is 14.2 Å². The first-order valence-corrected chi connectivity index (χ1v) is 20.6. The fraction of sp³-hybridized carbons (Fsp3) is 0.683. The SMILES string of the molecule is CN=C(NC1CC=NN1CCOC)C(N)=Nc1ccc(C(=N)N2CCN(C(=O)CCCN(CCCNC(=O)OC(C)(C)C)CCCNC(=O)OC(C)(C)C)CC2)c(C)c1. The van der Waals surface area contributed by atoms with Gasteiger partial charge in [0.05, 0.1) is 18.8 Å². The summed E-state index contributed by atoms with van der Waals surface area (Å²) in [6.07, 6.45) is 4.06. The molecule has 1 aromatic carbocycles. The number of amides is 3. The number of nitrogens with zero attached hydrogens (tertiary/aromatic N) is 7. The van der Waals surface area contributed by atoms with Crippen LogP contribution in [0.1, 0.15) is 84.8 Å². The summed E-state index contributed by atoms with van der Waals surface area (Å²) in [6, 6.07) is 5.65. The largest absolute Gasteiger partial charge is 0.444 e. The summed E-state index contributed by atoms with van der Waals surface area (Å²) in [5.41, 5.74) is 7.60. The van der Waals surface area contributed by atoms with Crippen LogP contribution in [0.3, 0.4) is 0 Å². The minimum atomic E-state index is -0.566. The highest BCUT2D eigenvalue weighted by Gasteiger charge is 2.25. The predicted octanol–water partition coefficient (Wildman–Crippen LogP) is 3.65. The molecule has 0 radical (unpaired) electrons. The van der Waals surface area contributed by atoms with Crippen molar-refractivity contribution in [3.63, 3.8) is 0 Å². The van der Waals surface area contributed by atoms with Crippen LogP contribution in [0.2, 0.25) is 0 Å². The lowest BCUT2D eigenvalue weighted by Gasteiger charge is -2.36. The molecule has 330 valence electrons. The number of carbonyl (C=O) groups is 3. The Labute approximate surface area is 350 Å². The molecular weight excluding hydrogens is 757 g/mol. The highest BCUT2D eigenvalue weighted by molar-refractivity contribution is 6.40. The van der Waals surface area contributed by atoms with Gasteiger partial charge >= 0.3 is 12.2 Å². The molecule has 2 heterocycles. The van der Waals surface area contributed by atoms with E-state index in [9.17, 15) is 14.4 Å². The summed E-state index contributed by atoms with van der Waals surface area (Å²) in [4.78, 5) is 52.5. The minimum absolute atomic E-state index is 0.0953. The molecule has 2 aliphatic heterocycles. The van der Waals surface area contributed by atoms with Crippen molar-refractivity contribution in [3.05, 3.63) is 29.3 Å². The van der Waals surface area contributed by atoms with Crippen LogP contribution >= 0.6 is 0 Å². The lowest BCUT2D eigenvalue weighted by molar-refractivity contribution is -0.132. The molecule has 0 aliphatic carbocycles. The quantitative estimate of drug-likeness (QED) is 0.0819. The van der Waals surface area contributed by atoms with Gasteiger partial charge in [0.15, 0.2) is 11.7 Å². The van der Waals surface area contributed by atoms with Crippen molar-refractivity contribution in [2.24, 2.45) is 20.8 Å². The predicted molar refractivity (Wildman–Crippen MR) is 233 cm³/mol. The van der Waals surface area contributed by atoms with Gasteiger partial charge in [-0.25, -0.2) is 14.6 Å². The number of benzene rings is 1. The fourth-order valence-electron chi connectivity index (χ4n) is 6.48. The van der Waals surface area contributed by atoms with E-state index in [-0.39, 0.29) is 17.9 Å². The fourth-order valence-corrected chi connectivity index (χ4v) is 6.48. The molecule has 1 atom stereocenters. The summed E-state index contributed by atoms with van der Waals surface area (Å²) in [5.74, 6) is 1.22. The van der Waals surface area contributed by atoms with Crippen molar-refractivity contribution in [2.75, 3.05) is 86.2 Å². The van der Waals surface area contributed by atoms with E-state index in [0.29, 0.717) is 122 Å². The van der Waals surface area contributed by atoms with E-state index < -0.39 is 23.4 Å². The topological polar surface area (TPSA) is 215 Å². The molecule has 1 fully saturated rings. The zero-order valence-electron chi connectivity index (χ0n) is 36.9. The van der Waals surface area contributed by atoms with E-state index in [2.05, 4.69) is 35.9 Å². The Morgan fingerprint density at radius 1 is 0.932 bits per heavy atom. The van der Waals surface area contributed by atoms with Gasteiger partial charge in [-0.2, -0.15) is 5.10 Å². The number of nitrogens with two attached hydrogens (primary N) is 1. The molecule has 3 rings (SSSR count). The second kappa shape index (κ2) is 23.6. The number of hydrogen-bond acceptors (Lipinski definition) is 12. The van der Waals surface area contributed by atoms with Gasteiger partial charge in [0.2, 0.25) is 5.91 Å². The molecular formula is C41H70N12O6. The summed E-state index contributed by atoms with van der Waals surface area (Å²) < 4.78 is 15.9. The Bertz CT molecular complexity index is 1590. The van der Waals surface area contributed by atoms with E-state index >= 15 is 0 Å². The number of ether oxygens (including phenoxy) is 3. The maximum Gasteiger partial charge on any atom is 0.407 e. The average Bonchev–Trinajstić information content (AvgIpc) is 3.61. The van der Waals surface area contributed by atoms with E-state index in [1.807, 2.05) is 87.7 Å². The molecule has 0 bridgehead atoms. The molecule has 59 heavy (non-hydrogen) atoms. The second-order valence-electron chi connectivity index (χ2n) is 16.6. The standard InChI is InChI=1S/C41H70N12O6/c1-30-29-31(48-35(42)37(44-8)49-33-16-19-47-53(33)27-28-57-9)14-15-32(30)36(43)52-25-23-51(24-26-52)34(54)13-10-20-50(21-11-17-45-38(55)58-40(2,3)4)22-12-18-46-39(56)59-41(5,6)7/h14-15,19,29,33,43H,10-13,16-18,20-28H2,1-9H3,(H2,42,48)(H,44,49)(H,45,55)(H,46,56). The number of amidine groups is 3. The van der Waals surface area contributed by atoms with Crippen LogP contribution in [0.25, 0.3) is 0 Å². The zero-order chi connectivity index (χ0) is 43.6. The highest BCUT2D eigenvalue weighted by atomic mass is 16.6. The van der Waals surface area contributed by atoms with Crippen molar-refractivity contribution < 1.29 is 28.6 Å². The molecule has 0 spiro atoms. The number of rotatable bonds is 18. The van der Waals surface area contributed by atoms with Crippen LogP contribution in [-0.2, 0) is 19.0 Å². The molecule has 18 nitrogen and oxygen atoms in total. The monoisotopic (exact) mass is 827 g/mol. The third kappa shape index (κ3) is 17.8. The second-order valence-corrected chi connectivity index (χ2v) is 16.6. The van der Waals surface area contributed by atoms with Gasteiger partial charge in [-0.15, -0.1) is 0 Å². The van der Waals surface area contributed by atoms with E-state index in [0.717, 1.165) is 11.1 Å². The number of piperazine rings is 1. The first kappa shape index (κ1) is 48.4. The minimum Gasteiger partial charge on any atom is -0.444 e. The Morgan fingerprint density at radius 2 is 1.51 bits per heavy atom. The number of hydrazone groups is 1. The van der Waals surface area contributed by atoms with Gasteiger partial charge in [-0.05, 0) is 111 Å². The molecule has 18 heteroatoms. The molecule has 6 N–H and O–H groups in total. The van der Waals surface area contributed by atoms with Crippen molar-refractivity contribution in [2.45, 2.75) is 97.9 Å². The summed E-state index contributed by atoms with van der Waals surface area (Å²) >= 11 is 0. The van der Waals surface area contributed by atoms with Crippen molar-refractivity contribution in [1.29, 1.82) is 5.41 Å². The lowest BCUT2D eigenvalue weighted by atomic mass is 10.1. The average molecular weight is 827 g/mol. The number of hydrogen-bond donors (Lipinski definition) is 5. The first-order valence-electron chi connectivity index (χ1n) is 20.6. The third-order valence-corrected chi connectivity index (χ3v) is 9.38. The zero-order valence-corrected chi connectivity index (χ0v) is 36.9. The first-order chi connectivity index (χ1) is 27.9. The number of carbonyl (C=O) groups excluding carboxylic acids is 3. The summed E-state index contributed by atoms with van der Waals surface area (Å²) in [7, 11) is 3.32. The highest BCUT2D eigenvalue weighted by Crippen LogP contribution is 2.21. The molecule has 3 amide bonds. The van der Waals surface area contributed by atoms with Crippen LogP contribution in [0.5, 0.6) is 0 Å². The van der Waals surface area contributed by atoms with E-state index in [1.165, 1.54) is 0 Å². The Balaban J connectivity index is 1.47.